The number of nitrogens with one attached hydrogen (secondary N) is 1. The van der Waals surface area contributed by atoms with Gasteiger partial charge in [-0.15, -0.1) is 11.3 Å². The normalized spacial score (nSPS) is 18.5. The van der Waals surface area contributed by atoms with E-state index >= 15 is 0 Å². The van der Waals surface area contributed by atoms with Gasteiger partial charge in [0, 0.05) is 11.4 Å². The second-order valence-electron chi connectivity index (χ2n) is 6.75. The molecule has 1 aliphatic heterocycles. The monoisotopic (exact) mass is 383 g/mol. The van der Waals surface area contributed by atoms with E-state index in [0.29, 0.717) is 18.0 Å². The second-order valence-corrected chi connectivity index (χ2v) is 9.44. The van der Waals surface area contributed by atoms with Gasteiger partial charge in [-0.1, -0.05) is 18.1 Å². The van der Waals surface area contributed by atoms with Crippen molar-refractivity contribution in [2.75, 3.05) is 19.6 Å². The number of rotatable bonds is 6. The van der Waals surface area contributed by atoms with Crippen molar-refractivity contribution in [3.8, 4) is 0 Å². The lowest BCUT2D eigenvalue weighted by molar-refractivity contribution is 0.141. The highest BCUT2D eigenvalue weighted by atomic mass is 32.2. The third kappa shape index (κ3) is 4.13. The van der Waals surface area contributed by atoms with E-state index in [-0.39, 0.29) is 10.9 Å². The molecule has 25 heavy (non-hydrogen) atoms. The zero-order valence-electron chi connectivity index (χ0n) is 14.9. The number of aryl methyl sites for hydroxylation is 2. The summed E-state index contributed by atoms with van der Waals surface area (Å²) in [6.45, 7) is 7.89. The first-order valence-corrected chi connectivity index (χ1v) is 10.9. The van der Waals surface area contributed by atoms with Crippen molar-refractivity contribution in [3.63, 3.8) is 0 Å². The molecule has 6 nitrogen and oxygen atoms in total. The number of hydrogen-bond donors (Lipinski definition) is 1. The van der Waals surface area contributed by atoms with Crippen LogP contribution >= 0.6 is 11.3 Å². The van der Waals surface area contributed by atoms with E-state index in [1.807, 2.05) is 11.4 Å². The highest BCUT2D eigenvalue weighted by molar-refractivity contribution is 7.89. The Kier molecular flexibility index (Phi) is 5.62. The maximum atomic E-state index is 12.7. The molecule has 1 N–H and O–H groups in total. The molecule has 1 fully saturated rings. The van der Waals surface area contributed by atoms with Crippen molar-refractivity contribution < 1.29 is 12.9 Å². The molecular weight excluding hydrogens is 358 g/mol. The molecule has 0 aromatic carbocycles. The lowest BCUT2D eigenvalue weighted by Gasteiger charge is -2.36. The number of nitrogens with zero attached hydrogens (tertiary/aromatic N) is 2. The second kappa shape index (κ2) is 7.57. The smallest absolute Gasteiger partial charge is 0.246 e. The maximum Gasteiger partial charge on any atom is 0.246 e. The quantitative estimate of drug-likeness (QED) is 0.829. The summed E-state index contributed by atoms with van der Waals surface area (Å²) < 4.78 is 33.2. The first kappa shape index (κ1) is 18.6. The largest absolute Gasteiger partial charge is 0.360 e. The van der Waals surface area contributed by atoms with Gasteiger partial charge in [0.05, 0.1) is 6.04 Å². The van der Waals surface area contributed by atoms with Crippen LogP contribution in [0.2, 0.25) is 0 Å². The highest BCUT2D eigenvalue weighted by Crippen LogP contribution is 2.29. The summed E-state index contributed by atoms with van der Waals surface area (Å²) in [7, 11) is -3.64. The molecule has 1 atom stereocenters. The Morgan fingerprint density at radius 3 is 2.68 bits per heavy atom. The standard InChI is InChI=1S/C17H25N3O3S2/c1-12-6-8-20(9-7-12)15(16-5-4-10-24-16)11-18-25(21,22)17-13(2)19-23-14(17)3/h4-5,10,12,15,18H,6-9,11H2,1-3H3/t15-/m1/s1. The Morgan fingerprint density at radius 1 is 1.40 bits per heavy atom. The molecule has 2 aromatic rings. The zero-order valence-corrected chi connectivity index (χ0v) is 16.5. The summed E-state index contributed by atoms with van der Waals surface area (Å²) in [5.74, 6) is 1.06. The van der Waals surface area contributed by atoms with Crippen molar-refractivity contribution in [1.29, 1.82) is 0 Å². The fourth-order valence-electron chi connectivity index (χ4n) is 3.35. The van der Waals surface area contributed by atoms with Gasteiger partial charge in [-0.3, -0.25) is 4.90 Å². The lowest BCUT2D eigenvalue weighted by atomic mass is 9.97. The Bertz CT molecular complexity index is 772. The summed E-state index contributed by atoms with van der Waals surface area (Å²) in [6, 6.07) is 4.16. The van der Waals surface area contributed by atoms with Crippen LogP contribution in [-0.2, 0) is 10.0 Å². The van der Waals surface area contributed by atoms with Gasteiger partial charge in [0.2, 0.25) is 10.0 Å². The topological polar surface area (TPSA) is 75.4 Å². The third-order valence-corrected chi connectivity index (χ3v) is 7.47. The van der Waals surface area contributed by atoms with Crippen LogP contribution in [0, 0.1) is 19.8 Å². The van der Waals surface area contributed by atoms with Crippen LogP contribution in [0.5, 0.6) is 0 Å². The van der Waals surface area contributed by atoms with E-state index in [1.54, 1.807) is 25.2 Å². The highest BCUT2D eigenvalue weighted by Gasteiger charge is 2.29. The van der Waals surface area contributed by atoms with Gasteiger partial charge in [-0.2, -0.15) is 0 Å². The van der Waals surface area contributed by atoms with Gasteiger partial charge >= 0.3 is 0 Å². The number of likely N-dealkylation sites (tertiary alicyclic amines) is 1. The fourth-order valence-corrected chi connectivity index (χ4v) is 5.57. The van der Waals surface area contributed by atoms with Gasteiger partial charge in [-0.05, 0) is 57.1 Å². The van der Waals surface area contributed by atoms with Crippen LogP contribution in [0.1, 0.15) is 42.1 Å². The molecular formula is C17H25N3O3S2. The predicted molar refractivity (Wildman–Crippen MR) is 98.2 cm³/mol. The zero-order chi connectivity index (χ0) is 18.0. The molecule has 138 valence electrons. The molecule has 8 heteroatoms. The van der Waals surface area contributed by atoms with Crippen molar-refractivity contribution in [1.82, 2.24) is 14.8 Å². The van der Waals surface area contributed by atoms with Gasteiger partial charge in [0.25, 0.3) is 0 Å². The summed E-state index contributed by atoms with van der Waals surface area (Å²) >= 11 is 1.67. The minimum absolute atomic E-state index is 0.0581. The summed E-state index contributed by atoms with van der Waals surface area (Å²) in [5.41, 5.74) is 0.393. The molecule has 0 amide bonds. The van der Waals surface area contributed by atoms with Crippen LogP contribution in [0.25, 0.3) is 0 Å². The molecule has 0 aliphatic carbocycles. The maximum absolute atomic E-state index is 12.7. The molecule has 2 aromatic heterocycles. The molecule has 0 saturated carbocycles. The first-order chi connectivity index (χ1) is 11.9. The molecule has 0 unspecified atom stereocenters. The minimum Gasteiger partial charge on any atom is -0.360 e. The molecule has 1 aliphatic rings. The summed E-state index contributed by atoms with van der Waals surface area (Å²) in [4.78, 5) is 3.74. The van der Waals surface area contributed by atoms with Gasteiger partial charge in [0.1, 0.15) is 10.6 Å². The first-order valence-electron chi connectivity index (χ1n) is 8.58. The Balaban J connectivity index is 1.77. The van der Waals surface area contributed by atoms with Crippen molar-refractivity contribution in [3.05, 3.63) is 33.8 Å². The van der Waals surface area contributed by atoms with Crippen molar-refractivity contribution in [2.24, 2.45) is 5.92 Å². The number of thiophene rings is 1. The average molecular weight is 384 g/mol. The van der Waals surface area contributed by atoms with Crippen LogP contribution in [-0.4, -0.2) is 38.1 Å². The Labute approximate surface area is 153 Å². The average Bonchev–Trinajstić information content (AvgIpc) is 3.19. The number of sulfonamides is 1. The molecule has 0 bridgehead atoms. The summed E-state index contributed by atoms with van der Waals surface area (Å²) in [6.07, 6.45) is 2.30. The molecule has 0 radical (unpaired) electrons. The van der Waals surface area contributed by atoms with E-state index in [0.717, 1.165) is 31.8 Å². The van der Waals surface area contributed by atoms with E-state index in [1.165, 1.54) is 4.88 Å². The van der Waals surface area contributed by atoms with Crippen LogP contribution in [0.15, 0.2) is 26.9 Å². The van der Waals surface area contributed by atoms with Gasteiger partial charge in [-0.25, -0.2) is 13.1 Å². The number of aromatic nitrogens is 1. The SMILES string of the molecule is Cc1noc(C)c1S(=O)(=O)NC[C@H](c1cccs1)N1CCC(C)CC1. The number of piperidine rings is 1. The summed E-state index contributed by atoms with van der Waals surface area (Å²) in [5, 5.41) is 5.79. The van der Waals surface area contributed by atoms with Crippen molar-refractivity contribution in [2.45, 2.75) is 44.6 Å². The minimum atomic E-state index is -3.64. The molecule has 0 spiro atoms. The fraction of sp³-hybridized carbons (Fsp3) is 0.588. The van der Waals surface area contributed by atoms with Crippen LogP contribution in [0.4, 0.5) is 0 Å². The van der Waals surface area contributed by atoms with Crippen molar-refractivity contribution >= 4 is 21.4 Å². The van der Waals surface area contributed by atoms with E-state index in [9.17, 15) is 8.42 Å². The molecule has 1 saturated heterocycles. The van der Waals surface area contributed by atoms with Crippen LogP contribution < -0.4 is 4.72 Å². The molecule has 3 rings (SSSR count). The Hall–Kier alpha value is -1.22. The van der Waals surface area contributed by atoms with E-state index in [2.05, 4.69) is 27.8 Å². The van der Waals surface area contributed by atoms with E-state index < -0.39 is 10.0 Å². The lowest BCUT2D eigenvalue weighted by Crippen LogP contribution is -2.41. The van der Waals surface area contributed by atoms with Crippen LogP contribution in [0.3, 0.4) is 0 Å². The third-order valence-electron chi connectivity index (χ3n) is 4.83. The number of hydrogen-bond acceptors (Lipinski definition) is 6. The van der Waals surface area contributed by atoms with Gasteiger partial charge < -0.3 is 4.52 Å². The predicted octanol–water partition coefficient (Wildman–Crippen LogP) is 3.10. The molecule has 3 heterocycles. The van der Waals surface area contributed by atoms with E-state index in [4.69, 9.17) is 4.52 Å². The van der Waals surface area contributed by atoms with Gasteiger partial charge in [0.15, 0.2) is 5.76 Å². The Morgan fingerprint density at radius 2 is 2.12 bits per heavy atom.